The Morgan fingerprint density at radius 2 is 1.90 bits per heavy atom. The smallest absolute Gasteiger partial charge is 0.264 e. The third kappa shape index (κ3) is 3.62. The fourth-order valence-electron chi connectivity index (χ4n) is 4.26. The highest BCUT2D eigenvalue weighted by atomic mass is 35.5. The molecule has 2 aliphatic rings. The van der Waals surface area contributed by atoms with Crippen LogP contribution in [-0.2, 0) is 11.2 Å². The van der Waals surface area contributed by atoms with Gasteiger partial charge in [0, 0.05) is 23.0 Å². The topological polar surface area (TPSA) is 40.6 Å². The molecule has 31 heavy (non-hydrogen) atoms. The molecule has 0 unspecified atom stereocenters. The predicted octanol–water partition coefficient (Wildman–Crippen LogP) is 4.93. The van der Waals surface area contributed by atoms with E-state index in [1.165, 1.54) is 17.4 Å². The van der Waals surface area contributed by atoms with Crippen LogP contribution in [0, 0.1) is 11.6 Å². The molecule has 4 nitrogen and oxygen atoms in total. The number of rotatable bonds is 2. The quantitative estimate of drug-likeness (QED) is 0.546. The SMILES string of the molecule is O=C(c1ccc(-c2ccc(F)c(F)c2)s1)N1CC(=O)N2CCc3ccc(Cl)cc3[C@H]2C1. The van der Waals surface area contributed by atoms with Crippen LogP contribution < -0.4 is 0 Å². The van der Waals surface area contributed by atoms with E-state index in [-0.39, 0.29) is 24.4 Å². The summed E-state index contributed by atoms with van der Waals surface area (Å²) in [7, 11) is 0. The van der Waals surface area contributed by atoms with Crippen LogP contribution >= 0.6 is 22.9 Å². The number of nitrogens with zero attached hydrogens (tertiary/aromatic N) is 2. The van der Waals surface area contributed by atoms with Crippen molar-refractivity contribution in [3.8, 4) is 10.4 Å². The lowest BCUT2D eigenvalue weighted by atomic mass is 9.90. The average Bonchev–Trinajstić information content (AvgIpc) is 3.25. The zero-order valence-electron chi connectivity index (χ0n) is 16.3. The first kappa shape index (κ1) is 20.2. The first-order valence-corrected chi connectivity index (χ1v) is 11.0. The van der Waals surface area contributed by atoms with Crippen molar-refractivity contribution < 1.29 is 18.4 Å². The van der Waals surface area contributed by atoms with Gasteiger partial charge in [-0.2, -0.15) is 0 Å². The summed E-state index contributed by atoms with van der Waals surface area (Å²) in [6.07, 6.45) is 0.769. The minimum absolute atomic E-state index is 0.0175. The minimum atomic E-state index is -0.935. The lowest BCUT2D eigenvalue weighted by Crippen LogP contribution is -2.55. The van der Waals surface area contributed by atoms with Gasteiger partial charge in [0.2, 0.25) is 5.91 Å². The fraction of sp³-hybridized carbons (Fsp3) is 0.217. The number of carbonyl (C=O) groups excluding carboxylic acids is 2. The number of amides is 2. The Morgan fingerprint density at radius 1 is 1.06 bits per heavy atom. The van der Waals surface area contributed by atoms with E-state index in [4.69, 9.17) is 11.6 Å². The number of piperazine rings is 1. The second kappa shape index (κ2) is 7.73. The molecule has 8 heteroatoms. The molecule has 0 saturated carbocycles. The van der Waals surface area contributed by atoms with Gasteiger partial charge in [0.25, 0.3) is 5.91 Å². The van der Waals surface area contributed by atoms with Crippen molar-refractivity contribution in [2.45, 2.75) is 12.5 Å². The first-order valence-electron chi connectivity index (χ1n) is 9.83. The molecule has 5 rings (SSSR count). The Labute approximate surface area is 186 Å². The van der Waals surface area contributed by atoms with Crippen LogP contribution in [0.15, 0.2) is 48.5 Å². The zero-order chi connectivity index (χ0) is 21.7. The second-order valence-electron chi connectivity index (χ2n) is 7.67. The molecule has 1 aromatic heterocycles. The molecular formula is C23H17ClF2N2O2S. The molecule has 2 aromatic carbocycles. The van der Waals surface area contributed by atoms with Crippen LogP contribution in [0.3, 0.4) is 0 Å². The van der Waals surface area contributed by atoms with Crippen LogP contribution in [0.2, 0.25) is 5.02 Å². The predicted molar refractivity (Wildman–Crippen MR) is 115 cm³/mol. The number of thiophene rings is 1. The molecule has 0 bridgehead atoms. The van der Waals surface area contributed by atoms with Crippen molar-refractivity contribution in [1.82, 2.24) is 9.80 Å². The van der Waals surface area contributed by atoms with Crippen molar-refractivity contribution in [3.05, 3.63) is 81.2 Å². The van der Waals surface area contributed by atoms with Crippen LogP contribution in [0.4, 0.5) is 8.78 Å². The highest BCUT2D eigenvalue weighted by Gasteiger charge is 2.39. The maximum Gasteiger partial charge on any atom is 0.264 e. The molecular weight excluding hydrogens is 442 g/mol. The molecule has 1 saturated heterocycles. The standard InChI is InChI=1S/C23H17ClF2N2O2S/c24-15-3-1-13-7-8-28-19(16(13)10-15)11-27(12-22(28)29)23(30)21-6-5-20(31-21)14-2-4-17(25)18(26)9-14/h1-6,9-10,19H,7-8,11-12H2/t19-/m1/s1. The Kier molecular flexibility index (Phi) is 5.02. The Hall–Kier alpha value is -2.77. The van der Waals surface area contributed by atoms with E-state index in [2.05, 4.69) is 0 Å². The Morgan fingerprint density at radius 3 is 2.71 bits per heavy atom. The Balaban J connectivity index is 1.41. The van der Waals surface area contributed by atoms with Gasteiger partial charge in [-0.05, 0) is 59.5 Å². The molecule has 0 spiro atoms. The van der Waals surface area contributed by atoms with Crippen molar-refractivity contribution >= 4 is 34.8 Å². The van der Waals surface area contributed by atoms with Gasteiger partial charge in [0.1, 0.15) is 6.54 Å². The average molecular weight is 459 g/mol. The third-order valence-electron chi connectivity index (χ3n) is 5.81. The zero-order valence-corrected chi connectivity index (χ0v) is 17.9. The Bertz CT molecular complexity index is 1210. The molecule has 3 aromatic rings. The summed E-state index contributed by atoms with van der Waals surface area (Å²) in [5, 5.41) is 0.603. The van der Waals surface area contributed by atoms with Gasteiger partial charge in [-0.1, -0.05) is 23.7 Å². The highest BCUT2D eigenvalue weighted by Crippen LogP contribution is 2.36. The van der Waals surface area contributed by atoms with Gasteiger partial charge < -0.3 is 9.80 Å². The van der Waals surface area contributed by atoms with E-state index in [1.54, 1.807) is 17.0 Å². The fourth-order valence-corrected chi connectivity index (χ4v) is 5.41. The van der Waals surface area contributed by atoms with Crippen molar-refractivity contribution in [2.75, 3.05) is 19.6 Å². The van der Waals surface area contributed by atoms with Gasteiger partial charge in [-0.15, -0.1) is 11.3 Å². The molecule has 0 aliphatic carbocycles. The molecule has 1 atom stereocenters. The van der Waals surface area contributed by atoms with Gasteiger partial charge in [0.15, 0.2) is 11.6 Å². The lowest BCUT2D eigenvalue weighted by molar-refractivity contribution is -0.139. The summed E-state index contributed by atoms with van der Waals surface area (Å²) >= 11 is 7.38. The molecule has 3 heterocycles. The van der Waals surface area contributed by atoms with E-state index >= 15 is 0 Å². The van der Waals surface area contributed by atoms with Crippen molar-refractivity contribution in [3.63, 3.8) is 0 Å². The summed E-state index contributed by atoms with van der Waals surface area (Å²) in [5.74, 6) is -2.19. The van der Waals surface area contributed by atoms with Crippen molar-refractivity contribution in [2.24, 2.45) is 0 Å². The molecule has 0 radical (unpaired) electrons. The van der Waals surface area contributed by atoms with Crippen molar-refractivity contribution in [1.29, 1.82) is 0 Å². The normalized spacial score (nSPS) is 18.0. The van der Waals surface area contributed by atoms with Gasteiger partial charge in [0.05, 0.1) is 10.9 Å². The molecule has 2 aliphatic heterocycles. The summed E-state index contributed by atoms with van der Waals surface area (Å²) in [6, 6.07) is 12.5. The summed E-state index contributed by atoms with van der Waals surface area (Å²) < 4.78 is 26.8. The number of hydrogen-bond donors (Lipinski definition) is 0. The monoisotopic (exact) mass is 458 g/mol. The van der Waals surface area contributed by atoms with Crippen LogP contribution in [0.25, 0.3) is 10.4 Å². The third-order valence-corrected chi connectivity index (χ3v) is 7.17. The van der Waals surface area contributed by atoms with E-state index in [0.717, 1.165) is 29.7 Å². The first-order chi connectivity index (χ1) is 14.9. The number of halogens is 3. The van der Waals surface area contributed by atoms with E-state index in [1.807, 2.05) is 23.1 Å². The van der Waals surface area contributed by atoms with Gasteiger partial charge in [-0.25, -0.2) is 8.78 Å². The van der Waals surface area contributed by atoms with Gasteiger partial charge in [-0.3, -0.25) is 9.59 Å². The van der Waals surface area contributed by atoms with E-state index < -0.39 is 11.6 Å². The molecule has 0 N–H and O–H groups in total. The number of hydrogen-bond acceptors (Lipinski definition) is 3. The maximum absolute atomic E-state index is 13.6. The van der Waals surface area contributed by atoms with E-state index in [0.29, 0.717) is 33.4 Å². The van der Waals surface area contributed by atoms with Gasteiger partial charge >= 0.3 is 0 Å². The lowest BCUT2D eigenvalue weighted by Gasteiger charge is -2.44. The van der Waals surface area contributed by atoms with E-state index in [9.17, 15) is 18.4 Å². The van der Waals surface area contributed by atoms with Crippen LogP contribution in [0.5, 0.6) is 0 Å². The number of benzene rings is 2. The number of fused-ring (bicyclic) bond motifs is 3. The summed E-state index contributed by atoms with van der Waals surface area (Å²) in [6.45, 7) is 1.03. The highest BCUT2D eigenvalue weighted by molar-refractivity contribution is 7.17. The molecule has 2 amide bonds. The minimum Gasteiger partial charge on any atom is -0.332 e. The molecule has 158 valence electrons. The summed E-state index contributed by atoms with van der Waals surface area (Å²) in [4.78, 5) is 30.4. The van der Waals surface area contributed by atoms with Crippen LogP contribution in [-0.4, -0.2) is 41.2 Å². The van der Waals surface area contributed by atoms with Crippen LogP contribution in [0.1, 0.15) is 26.8 Å². The maximum atomic E-state index is 13.6. The largest absolute Gasteiger partial charge is 0.332 e. The number of carbonyl (C=O) groups is 2. The molecule has 1 fully saturated rings. The summed E-state index contributed by atoms with van der Waals surface area (Å²) in [5.41, 5.74) is 2.63. The second-order valence-corrected chi connectivity index (χ2v) is 9.19.